The molecule has 0 saturated heterocycles. The van der Waals surface area contributed by atoms with E-state index in [1.54, 1.807) is 0 Å². The average Bonchev–Trinajstić information content (AvgIpc) is 2.25. The second-order valence-corrected chi connectivity index (χ2v) is 5.13. The Morgan fingerprint density at radius 2 is 2.06 bits per heavy atom. The molecule has 0 aromatic rings. The van der Waals surface area contributed by atoms with E-state index >= 15 is 0 Å². The Bertz CT molecular complexity index is 266. The largest absolute Gasteiger partial charge is 0.375 e. The van der Waals surface area contributed by atoms with Crippen molar-refractivity contribution in [1.82, 2.24) is 5.32 Å². The van der Waals surface area contributed by atoms with Gasteiger partial charge >= 0.3 is 0 Å². The van der Waals surface area contributed by atoms with Crippen LogP contribution in [0, 0.1) is 11.3 Å². The van der Waals surface area contributed by atoms with Crippen LogP contribution in [-0.4, -0.2) is 24.3 Å². The van der Waals surface area contributed by atoms with Crippen molar-refractivity contribution in [3.05, 3.63) is 0 Å². The van der Waals surface area contributed by atoms with Gasteiger partial charge in [-0.1, -0.05) is 6.92 Å². The van der Waals surface area contributed by atoms with Crippen molar-refractivity contribution >= 4 is 0 Å². The molecule has 2 aliphatic rings. The fraction of sp³-hybridized carbons (Fsp3) is 0.923. The molecular formula is C13H22N2O. The van der Waals surface area contributed by atoms with Crippen LogP contribution in [-0.2, 0) is 4.74 Å². The smallest absolute Gasteiger partial charge is 0.109 e. The van der Waals surface area contributed by atoms with Gasteiger partial charge in [0.15, 0.2) is 0 Å². The van der Waals surface area contributed by atoms with Crippen LogP contribution in [0.2, 0.25) is 0 Å². The summed E-state index contributed by atoms with van der Waals surface area (Å²) in [6.45, 7) is 2.93. The number of nitrogens with one attached hydrogen (secondary N) is 1. The van der Waals surface area contributed by atoms with Crippen LogP contribution in [0.1, 0.15) is 51.9 Å². The molecule has 2 aliphatic carbocycles. The number of hydrogen-bond acceptors (Lipinski definition) is 3. The van der Waals surface area contributed by atoms with Gasteiger partial charge in [-0.3, -0.25) is 5.32 Å². The molecule has 3 nitrogen and oxygen atoms in total. The van der Waals surface area contributed by atoms with E-state index in [0.717, 1.165) is 32.2 Å². The van der Waals surface area contributed by atoms with Crippen LogP contribution in [0.4, 0.5) is 0 Å². The molecule has 0 aromatic heterocycles. The first-order chi connectivity index (χ1) is 7.78. The van der Waals surface area contributed by atoms with E-state index in [2.05, 4.69) is 18.3 Å². The van der Waals surface area contributed by atoms with Gasteiger partial charge in [0, 0.05) is 6.42 Å². The molecule has 0 spiro atoms. The van der Waals surface area contributed by atoms with E-state index in [0.29, 0.717) is 12.2 Å². The fourth-order valence-electron chi connectivity index (χ4n) is 2.76. The maximum absolute atomic E-state index is 9.33. The SMILES string of the molecule is CCNC1(C#N)CCCC(OC2CCC2)C1. The molecule has 2 unspecified atom stereocenters. The van der Waals surface area contributed by atoms with Crippen molar-refractivity contribution in [2.75, 3.05) is 6.54 Å². The standard InChI is InChI=1S/C13H22N2O/c1-2-15-13(10-14)8-4-7-12(9-13)16-11-5-3-6-11/h11-12,15H,2-9H2,1H3. The summed E-state index contributed by atoms with van der Waals surface area (Å²) in [6.07, 6.45) is 8.63. The minimum Gasteiger partial charge on any atom is -0.375 e. The molecule has 16 heavy (non-hydrogen) atoms. The highest BCUT2D eigenvalue weighted by molar-refractivity contribution is 5.10. The van der Waals surface area contributed by atoms with E-state index in [1.807, 2.05) is 0 Å². The molecule has 1 N–H and O–H groups in total. The van der Waals surface area contributed by atoms with Crippen LogP contribution in [0.3, 0.4) is 0 Å². The zero-order valence-corrected chi connectivity index (χ0v) is 10.2. The number of hydrogen-bond donors (Lipinski definition) is 1. The lowest BCUT2D eigenvalue weighted by Gasteiger charge is -2.39. The molecule has 0 aliphatic heterocycles. The molecule has 90 valence electrons. The van der Waals surface area contributed by atoms with E-state index in [4.69, 9.17) is 4.74 Å². The second kappa shape index (κ2) is 5.16. The van der Waals surface area contributed by atoms with Crippen LogP contribution in [0.5, 0.6) is 0 Å². The monoisotopic (exact) mass is 222 g/mol. The predicted molar refractivity (Wildman–Crippen MR) is 63.0 cm³/mol. The summed E-state index contributed by atoms with van der Waals surface area (Å²) in [5, 5.41) is 12.7. The molecule has 2 atom stereocenters. The van der Waals surface area contributed by atoms with Crippen molar-refractivity contribution in [2.24, 2.45) is 0 Å². The Morgan fingerprint density at radius 3 is 2.62 bits per heavy atom. The van der Waals surface area contributed by atoms with Gasteiger partial charge in [0.25, 0.3) is 0 Å². The lowest BCUT2D eigenvalue weighted by Crippen LogP contribution is -2.50. The first kappa shape index (κ1) is 11.9. The Kier molecular flexibility index (Phi) is 3.83. The highest BCUT2D eigenvalue weighted by Gasteiger charge is 2.37. The van der Waals surface area contributed by atoms with Gasteiger partial charge in [0.05, 0.1) is 18.3 Å². The fourth-order valence-corrected chi connectivity index (χ4v) is 2.76. The van der Waals surface area contributed by atoms with Crippen molar-refractivity contribution in [2.45, 2.75) is 69.6 Å². The Labute approximate surface area is 98.2 Å². The molecule has 3 heteroatoms. The highest BCUT2D eigenvalue weighted by Crippen LogP contribution is 2.33. The number of ether oxygens (including phenoxy) is 1. The minimum absolute atomic E-state index is 0.303. The van der Waals surface area contributed by atoms with Crippen molar-refractivity contribution in [3.63, 3.8) is 0 Å². The summed E-state index contributed by atoms with van der Waals surface area (Å²) in [5.74, 6) is 0. The normalized spacial score (nSPS) is 35.4. The third-order valence-electron chi connectivity index (χ3n) is 3.87. The molecule has 0 bridgehead atoms. The van der Waals surface area contributed by atoms with E-state index < -0.39 is 0 Å². The summed E-state index contributed by atoms with van der Waals surface area (Å²) < 4.78 is 6.04. The Hall–Kier alpha value is -0.590. The molecule has 0 heterocycles. The van der Waals surface area contributed by atoms with E-state index in [9.17, 15) is 5.26 Å². The molecule has 0 amide bonds. The molecule has 0 aromatic carbocycles. The van der Waals surface area contributed by atoms with Crippen molar-refractivity contribution < 1.29 is 4.74 Å². The quantitative estimate of drug-likeness (QED) is 0.794. The first-order valence-electron chi connectivity index (χ1n) is 6.60. The number of nitrogens with zero attached hydrogens (tertiary/aromatic N) is 1. The topological polar surface area (TPSA) is 45.0 Å². The van der Waals surface area contributed by atoms with E-state index in [-0.39, 0.29) is 5.54 Å². The summed E-state index contributed by atoms with van der Waals surface area (Å²) in [5.41, 5.74) is -0.318. The van der Waals surface area contributed by atoms with Gasteiger partial charge in [-0.15, -0.1) is 0 Å². The lowest BCUT2D eigenvalue weighted by atomic mass is 9.80. The molecule has 2 saturated carbocycles. The Morgan fingerprint density at radius 1 is 1.31 bits per heavy atom. The van der Waals surface area contributed by atoms with Crippen LogP contribution >= 0.6 is 0 Å². The van der Waals surface area contributed by atoms with Gasteiger partial charge in [0.1, 0.15) is 5.54 Å². The van der Waals surface area contributed by atoms with Gasteiger partial charge in [-0.2, -0.15) is 5.26 Å². The van der Waals surface area contributed by atoms with Crippen LogP contribution in [0.25, 0.3) is 0 Å². The lowest BCUT2D eigenvalue weighted by molar-refractivity contribution is -0.0740. The molecular weight excluding hydrogens is 200 g/mol. The molecule has 2 fully saturated rings. The third kappa shape index (κ3) is 2.56. The highest BCUT2D eigenvalue weighted by atomic mass is 16.5. The summed E-state index contributed by atoms with van der Waals surface area (Å²) in [7, 11) is 0. The number of rotatable bonds is 4. The van der Waals surface area contributed by atoms with E-state index in [1.165, 1.54) is 19.3 Å². The molecule has 2 rings (SSSR count). The average molecular weight is 222 g/mol. The maximum Gasteiger partial charge on any atom is 0.109 e. The van der Waals surface area contributed by atoms with Gasteiger partial charge in [-0.05, 0) is 45.1 Å². The molecule has 0 radical (unpaired) electrons. The van der Waals surface area contributed by atoms with Crippen molar-refractivity contribution in [3.8, 4) is 6.07 Å². The minimum atomic E-state index is -0.318. The zero-order chi connectivity index (χ0) is 11.4. The van der Waals surface area contributed by atoms with Crippen molar-refractivity contribution in [1.29, 1.82) is 5.26 Å². The second-order valence-electron chi connectivity index (χ2n) is 5.13. The van der Waals surface area contributed by atoms with Gasteiger partial charge in [0.2, 0.25) is 0 Å². The third-order valence-corrected chi connectivity index (χ3v) is 3.87. The summed E-state index contributed by atoms with van der Waals surface area (Å²) in [4.78, 5) is 0. The predicted octanol–water partition coefficient (Wildman–Crippen LogP) is 2.37. The van der Waals surface area contributed by atoms with Gasteiger partial charge in [-0.25, -0.2) is 0 Å². The van der Waals surface area contributed by atoms with Crippen LogP contribution < -0.4 is 5.32 Å². The van der Waals surface area contributed by atoms with Gasteiger partial charge < -0.3 is 4.74 Å². The maximum atomic E-state index is 9.33. The Balaban J connectivity index is 1.88. The number of nitriles is 1. The summed E-state index contributed by atoms with van der Waals surface area (Å²) >= 11 is 0. The summed E-state index contributed by atoms with van der Waals surface area (Å²) in [6, 6.07) is 2.47. The van der Waals surface area contributed by atoms with Crippen LogP contribution in [0.15, 0.2) is 0 Å². The zero-order valence-electron chi connectivity index (χ0n) is 10.2. The first-order valence-corrected chi connectivity index (χ1v) is 6.60.